The molecule has 0 fully saturated rings. The zero-order valence-corrected chi connectivity index (χ0v) is 17.7. The monoisotopic (exact) mass is 423 g/mol. The summed E-state index contributed by atoms with van der Waals surface area (Å²) in [7, 11) is 0. The summed E-state index contributed by atoms with van der Waals surface area (Å²) < 4.78 is 31.1. The lowest BCUT2D eigenvalue weighted by Crippen LogP contribution is -1.96. The van der Waals surface area contributed by atoms with Crippen LogP contribution in [0.5, 0.6) is 0 Å². The van der Waals surface area contributed by atoms with Crippen LogP contribution in [0.25, 0.3) is 20.5 Å². The molecule has 0 aliphatic heterocycles. The third-order valence-corrected chi connectivity index (χ3v) is 6.97. The molecule has 4 aromatic rings. The average Bonchev–Trinajstić information content (AvgIpc) is 3.22. The lowest BCUT2D eigenvalue weighted by Gasteiger charge is -2.08. The summed E-state index contributed by atoms with van der Waals surface area (Å²) in [4.78, 5) is 2.37. The Balaban J connectivity index is 1.60. The van der Waals surface area contributed by atoms with Crippen LogP contribution < -0.4 is 5.73 Å². The quantitative estimate of drug-likeness (QED) is 0.275. The predicted octanol–water partition coefficient (Wildman–Crippen LogP) is 7.15. The second-order valence-corrected chi connectivity index (χ2v) is 9.19. The first kappa shape index (κ1) is 19.6. The fourth-order valence-corrected chi connectivity index (χ4v) is 5.57. The van der Waals surface area contributed by atoms with Gasteiger partial charge in [0.2, 0.25) is 0 Å². The molecule has 0 spiro atoms. The average molecular weight is 424 g/mol. The van der Waals surface area contributed by atoms with E-state index in [1.807, 2.05) is 11.3 Å². The number of benzene rings is 2. The van der Waals surface area contributed by atoms with Gasteiger partial charge in [-0.3, -0.25) is 0 Å². The second kappa shape index (κ2) is 7.98. The van der Waals surface area contributed by atoms with Crippen molar-refractivity contribution in [1.82, 2.24) is 0 Å². The van der Waals surface area contributed by atoms with Crippen molar-refractivity contribution in [2.45, 2.75) is 26.7 Å². The number of hydrogen-bond acceptors (Lipinski definition) is 3. The molecule has 0 saturated carbocycles. The first-order chi connectivity index (χ1) is 13.9. The third-order valence-electron chi connectivity index (χ3n) is 4.70. The summed E-state index contributed by atoms with van der Waals surface area (Å²) in [6.07, 6.45) is 2.25. The van der Waals surface area contributed by atoms with Gasteiger partial charge in [0.05, 0.1) is 10.6 Å². The van der Waals surface area contributed by atoms with Gasteiger partial charge in [0.25, 0.3) is 0 Å². The van der Waals surface area contributed by atoms with Crippen molar-refractivity contribution in [2.75, 3.05) is 5.73 Å². The first-order valence-corrected chi connectivity index (χ1v) is 11.0. The van der Waals surface area contributed by atoms with Crippen LogP contribution in [-0.4, -0.2) is 0 Å². The second-order valence-electron chi connectivity index (χ2n) is 6.94. The molecule has 0 saturated heterocycles. The maximum Gasteiger partial charge on any atom is 0.146 e. The molecular weight excluding hydrogens is 404 g/mol. The molecule has 0 amide bonds. The lowest BCUT2D eigenvalue weighted by molar-refractivity contribution is 0.626. The molecule has 0 aliphatic carbocycles. The van der Waals surface area contributed by atoms with Gasteiger partial charge in [-0.1, -0.05) is 31.3 Å². The SMILES string of the molecule is CCCc1cc2sc(C#Cc3ccc(-c4cc(C)c(N)c(F)c4)c(F)c3)cc2s1. The number of anilines is 1. The predicted molar refractivity (Wildman–Crippen MR) is 121 cm³/mol. The Kier molecular flexibility index (Phi) is 5.40. The Hall–Kier alpha value is -2.68. The minimum Gasteiger partial charge on any atom is -0.396 e. The van der Waals surface area contributed by atoms with E-state index in [4.69, 9.17) is 5.73 Å². The van der Waals surface area contributed by atoms with Crippen LogP contribution in [-0.2, 0) is 6.42 Å². The number of nitrogens with two attached hydrogens (primary N) is 1. The number of aryl methyl sites for hydroxylation is 2. The molecule has 5 heteroatoms. The lowest BCUT2D eigenvalue weighted by atomic mass is 10.0. The van der Waals surface area contributed by atoms with E-state index in [9.17, 15) is 8.78 Å². The van der Waals surface area contributed by atoms with Crippen LogP contribution in [0.3, 0.4) is 0 Å². The summed E-state index contributed by atoms with van der Waals surface area (Å²) in [6.45, 7) is 3.89. The molecule has 146 valence electrons. The van der Waals surface area contributed by atoms with Gasteiger partial charge < -0.3 is 5.73 Å². The van der Waals surface area contributed by atoms with Crippen molar-refractivity contribution in [3.8, 4) is 23.0 Å². The molecule has 2 heterocycles. The zero-order valence-electron chi connectivity index (χ0n) is 16.1. The zero-order chi connectivity index (χ0) is 20.5. The van der Waals surface area contributed by atoms with E-state index in [-0.39, 0.29) is 5.69 Å². The van der Waals surface area contributed by atoms with E-state index in [1.54, 1.807) is 36.5 Å². The van der Waals surface area contributed by atoms with E-state index in [1.165, 1.54) is 26.4 Å². The van der Waals surface area contributed by atoms with Crippen molar-refractivity contribution >= 4 is 37.8 Å². The van der Waals surface area contributed by atoms with Gasteiger partial charge in [-0.2, -0.15) is 0 Å². The van der Waals surface area contributed by atoms with Crippen molar-refractivity contribution in [1.29, 1.82) is 0 Å². The van der Waals surface area contributed by atoms with Crippen LogP contribution in [0.15, 0.2) is 42.5 Å². The Morgan fingerprint density at radius 1 is 0.931 bits per heavy atom. The molecular formula is C24H19F2NS2. The normalized spacial score (nSPS) is 10.9. The van der Waals surface area contributed by atoms with Gasteiger partial charge in [-0.05, 0) is 60.9 Å². The Labute approximate surface area is 176 Å². The minimum absolute atomic E-state index is 0.0920. The van der Waals surface area contributed by atoms with Crippen LogP contribution >= 0.6 is 22.7 Å². The van der Waals surface area contributed by atoms with E-state index < -0.39 is 11.6 Å². The number of thiophene rings is 2. The highest BCUT2D eigenvalue weighted by Crippen LogP contribution is 2.33. The molecule has 2 aromatic carbocycles. The highest BCUT2D eigenvalue weighted by atomic mass is 32.1. The van der Waals surface area contributed by atoms with E-state index in [2.05, 4.69) is 30.9 Å². The van der Waals surface area contributed by atoms with E-state index in [0.29, 0.717) is 22.3 Å². The summed E-state index contributed by atoms with van der Waals surface area (Å²) >= 11 is 3.47. The minimum atomic E-state index is -0.539. The molecule has 0 radical (unpaired) electrons. The van der Waals surface area contributed by atoms with Gasteiger partial charge in [0.1, 0.15) is 11.6 Å². The number of halogens is 2. The van der Waals surface area contributed by atoms with Gasteiger partial charge in [0.15, 0.2) is 0 Å². The highest BCUT2D eigenvalue weighted by Gasteiger charge is 2.11. The molecule has 2 N–H and O–H groups in total. The smallest absolute Gasteiger partial charge is 0.146 e. The fourth-order valence-electron chi connectivity index (χ4n) is 3.19. The molecule has 0 unspecified atom stereocenters. The van der Waals surface area contributed by atoms with Gasteiger partial charge in [-0.25, -0.2) is 8.78 Å². The summed E-state index contributed by atoms with van der Waals surface area (Å²) in [5.41, 5.74) is 7.70. The first-order valence-electron chi connectivity index (χ1n) is 9.34. The summed E-state index contributed by atoms with van der Waals surface area (Å²) in [5.74, 6) is 5.19. The number of hydrogen-bond donors (Lipinski definition) is 1. The van der Waals surface area contributed by atoms with E-state index >= 15 is 0 Å². The van der Waals surface area contributed by atoms with Crippen LogP contribution in [0, 0.1) is 30.4 Å². The Morgan fingerprint density at radius 3 is 2.41 bits per heavy atom. The topological polar surface area (TPSA) is 26.0 Å². The van der Waals surface area contributed by atoms with Crippen LogP contribution in [0.4, 0.5) is 14.5 Å². The third kappa shape index (κ3) is 4.05. The van der Waals surface area contributed by atoms with Crippen LogP contribution in [0.1, 0.15) is 34.2 Å². The van der Waals surface area contributed by atoms with E-state index in [0.717, 1.165) is 17.7 Å². The van der Waals surface area contributed by atoms with Crippen molar-refractivity contribution < 1.29 is 8.78 Å². The fraction of sp³-hybridized carbons (Fsp3) is 0.167. The molecule has 29 heavy (non-hydrogen) atoms. The number of fused-ring (bicyclic) bond motifs is 1. The van der Waals surface area contributed by atoms with Crippen molar-refractivity contribution in [3.63, 3.8) is 0 Å². The standard InChI is InChI=1S/C24H19F2NS2/c1-3-4-17-12-22-23(28-17)13-18(29-22)7-5-15-6-8-19(20(25)10-15)16-9-14(2)24(27)21(26)11-16/h6,8-13H,3-4,27H2,1-2H3. The molecule has 0 bridgehead atoms. The van der Waals surface area contributed by atoms with Crippen molar-refractivity contribution in [2.24, 2.45) is 0 Å². The van der Waals surface area contributed by atoms with Crippen LogP contribution in [0.2, 0.25) is 0 Å². The molecule has 0 atom stereocenters. The molecule has 1 nitrogen and oxygen atoms in total. The number of nitrogen functional groups attached to an aromatic ring is 1. The van der Waals surface area contributed by atoms with Gasteiger partial charge in [0, 0.05) is 25.4 Å². The maximum absolute atomic E-state index is 14.6. The van der Waals surface area contributed by atoms with Gasteiger partial charge >= 0.3 is 0 Å². The molecule has 0 aliphatic rings. The Bertz CT molecular complexity index is 1220. The number of rotatable bonds is 3. The highest BCUT2D eigenvalue weighted by molar-refractivity contribution is 7.28. The largest absolute Gasteiger partial charge is 0.396 e. The van der Waals surface area contributed by atoms with Crippen molar-refractivity contribution in [3.05, 3.63) is 75.0 Å². The maximum atomic E-state index is 14.6. The summed E-state index contributed by atoms with van der Waals surface area (Å²) in [5, 5.41) is 0. The molecule has 4 rings (SSSR count). The molecule has 2 aromatic heterocycles. The van der Waals surface area contributed by atoms with Gasteiger partial charge in [-0.15, -0.1) is 22.7 Å². The Morgan fingerprint density at radius 2 is 1.72 bits per heavy atom. The summed E-state index contributed by atoms with van der Waals surface area (Å²) in [6, 6.07) is 12.1.